The van der Waals surface area contributed by atoms with Crippen LogP contribution in [0.4, 0.5) is 0 Å². The van der Waals surface area contributed by atoms with Gasteiger partial charge in [0.2, 0.25) is 0 Å². The molecule has 0 bridgehead atoms. The smallest absolute Gasteiger partial charge is 0.302 e. The second-order valence-corrected chi connectivity index (χ2v) is 16.1. The molecule has 0 aromatic heterocycles. The van der Waals surface area contributed by atoms with E-state index in [-0.39, 0.29) is 40.8 Å². The van der Waals surface area contributed by atoms with Crippen molar-refractivity contribution >= 4 is 5.97 Å². The van der Waals surface area contributed by atoms with Crippen molar-refractivity contribution in [1.82, 2.24) is 4.90 Å². The zero-order valence-electron chi connectivity index (χ0n) is 26.6. The number of fused-ring (bicyclic) bond motifs is 5. The number of carbonyl (C=O) groups excluding carboxylic acids is 1. The first kappa shape index (κ1) is 29.7. The predicted octanol–water partition coefficient (Wildman–Crippen LogP) is 4.91. The number of nitrogens with zero attached hydrogens (tertiary/aromatic N) is 2. The molecule has 4 aliphatic carbocycles. The van der Waals surface area contributed by atoms with Crippen LogP contribution in [-0.2, 0) is 19.0 Å². The van der Waals surface area contributed by atoms with Crippen molar-refractivity contribution in [3.63, 3.8) is 0 Å². The fourth-order valence-corrected chi connectivity index (χ4v) is 12.3. The highest BCUT2D eigenvalue weighted by Crippen LogP contribution is 2.67. The fraction of sp³-hybridized carbons (Fsp3) is 0.914. The molecular formula is C35H57N2O5+. The number of quaternary nitrogens is 1. The molecule has 0 unspecified atom stereocenters. The summed E-state index contributed by atoms with van der Waals surface area (Å²) < 4.78 is 19.3. The molecule has 7 fully saturated rings. The summed E-state index contributed by atoms with van der Waals surface area (Å²) >= 11 is 0. The number of rotatable bonds is 5. The monoisotopic (exact) mass is 585 g/mol. The molecular weight excluding hydrogens is 528 g/mol. The van der Waals surface area contributed by atoms with Gasteiger partial charge in [-0.05, 0) is 73.7 Å². The van der Waals surface area contributed by atoms with Crippen LogP contribution in [0.3, 0.4) is 0 Å². The lowest BCUT2D eigenvalue weighted by Crippen LogP contribution is -2.62. The van der Waals surface area contributed by atoms with E-state index in [2.05, 4.69) is 31.4 Å². The minimum Gasteiger partial charge on any atom is -0.461 e. The van der Waals surface area contributed by atoms with E-state index in [0.717, 1.165) is 56.2 Å². The Hall–Kier alpha value is -0.990. The van der Waals surface area contributed by atoms with Gasteiger partial charge in [0.15, 0.2) is 5.79 Å². The Morgan fingerprint density at radius 3 is 2.40 bits per heavy atom. The Morgan fingerprint density at radius 2 is 1.74 bits per heavy atom. The van der Waals surface area contributed by atoms with Gasteiger partial charge < -0.3 is 23.8 Å². The quantitative estimate of drug-likeness (QED) is 0.281. The van der Waals surface area contributed by atoms with Crippen molar-refractivity contribution in [2.75, 3.05) is 45.9 Å². The van der Waals surface area contributed by atoms with Crippen molar-refractivity contribution in [2.45, 2.75) is 121 Å². The first-order valence-electron chi connectivity index (χ1n) is 17.5. The third-order valence-corrected chi connectivity index (χ3v) is 14.4. The molecule has 3 heterocycles. The van der Waals surface area contributed by atoms with Crippen LogP contribution in [0.2, 0.25) is 0 Å². The average Bonchev–Trinajstić information content (AvgIpc) is 3.69. The number of likely N-dealkylation sites (tertiary alicyclic amines) is 2. The topological polar surface area (TPSA) is 68.2 Å². The minimum atomic E-state index is -0.390. The fourth-order valence-electron chi connectivity index (χ4n) is 12.3. The van der Waals surface area contributed by atoms with E-state index in [1.807, 2.05) is 0 Å². The van der Waals surface area contributed by atoms with Crippen molar-refractivity contribution in [3.8, 4) is 0 Å². The largest absolute Gasteiger partial charge is 0.461 e. The summed E-state index contributed by atoms with van der Waals surface area (Å²) in [6.07, 6.45) is 14.4. The van der Waals surface area contributed by atoms with Crippen LogP contribution in [0, 0.1) is 34.5 Å². The van der Waals surface area contributed by atoms with Gasteiger partial charge in [0, 0.05) is 63.6 Å². The number of carbonyl (C=O) groups is 1. The zero-order valence-corrected chi connectivity index (χ0v) is 26.6. The third kappa shape index (κ3) is 4.57. The van der Waals surface area contributed by atoms with Gasteiger partial charge in [-0.2, -0.15) is 0 Å². The standard InChI is InChI=1S/C35H57N2O5/c1-5-16-37(17-6-7-18-37)30-22-28-26-9-8-25-21-31(42-24(2)38)29(36-14-12-35(13-15-36)40-19-20-41-35)23-34(25,4)27(26)10-11-33(28,3)32(30)39/h5,25-32,39H,1,6-23H2,2-4H3/q+1/t25-,26+,27-,28-,29-,30-,31-,32-,33-,34-/m0/s1. The van der Waals surface area contributed by atoms with E-state index in [9.17, 15) is 9.90 Å². The van der Waals surface area contributed by atoms with Crippen molar-refractivity contribution in [3.05, 3.63) is 12.7 Å². The van der Waals surface area contributed by atoms with Crippen LogP contribution in [0.1, 0.15) is 91.4 Å². The molecule has 0 amide bonds. The normalized spacial score (nSPS) is 47.9. The molecule has 236 valence electrons. The Bertz CT molecular complexity index is 1030. The summed E-state index contributed by atoms with van der Waals surface area (Å²) in [5.41, 5.74) is 0.270. The van der Waals surface area contributed by atoms with Crippen LogP contribution in [0.15, 0.2) is 12.7 Å². The van der Waals surface area contributed by atoms with Gasteiger partial charge in [0.05, 0.1) is 32.8 Å². The number of esters is 1. The molecule has 4 saturated carbocycles. The van der Waals surface area contributed by atoms with E-state index in [4.69, 9.17) is 14.2 Å². The molecule has 3 aliphatic heterocycles. The van der Waals surface area contributed by atoms with Gasteiger partial charge >= 0.3 is 5.97 Å². The maximum Gasteiger partial charge on any atom is 0.302 e. The maximum atomic E-state index is 12.3. The third-order valence-electron chi connectivity index (χ3n) is 14.4. The summed E-state index contributed by atoms with van der Waals surface area (Å²) in [5, 5.41) is 12.1. The second-order valence-electron chi connectivity index (χ2n) is 16.1. The molecule has 1 N–H and O–H groups in total. The Balaban J connectivity index is 1.13. The number of aliphatic hydroxyl groups is 1. The van der Waals surface area contributed by atoms with E-state index in [0.29, 0.717) is 42.9 Å². The molecule has 0 radical (unpaired) electrons. The highest BCUT2D eigenvalue weighted by molar-refractivity contribution is 5.66. The lowest BCUT2D eigenvalue weighted by molar-refractivity contribution is -0.938. The summed E-state index contributed by atoms with van der Waals surface area (Å²) in [4.78, 5) is 14.9. The Morgan fingerprint density at radius 1 is 1.02 bits per heavy atom. The molecule has 7 nitrogen and oxygen atoms in total. The molecule has 1 spiro atoms. The maximum absolute atomic E-state index is 12.3. The van der Waals surface area contributed by atoms with Crippen molar-refractivity contribution in [1.29, 1.82) is 0 Å². The van der Waals surface area contributed by atoms with Gasteiger partial charge in [0.1, 0.15) is 18.2 Å². The summed E-state index contributed by atoms with van der Waals surface area (Å²) in [5.74, 6) is 2.04. The van der Waals surface area contributed by atoms with Gasteiger partial charge in [0.25, 0.3) is 0 Å². The number of ether oxygens (including phenoxy) is 3. The summed E-state index contributed by atoms with van der Waals surface area (Å²) in [6, 6.07) is 0.617. The molecule has 0 aromatic rings. The SMILES string of the molecule is C=CC[N+]1([C@H]2C[C@H]3[C@@H]4CC[C@H]5C[C@H](OC(C)=O)[C@@H](N6CCC7(CC6)OCCO7)C[C@]5(C)[C@H]4CC[C@]3(C)[C@H]2O)CCCC1. The first-order chi connectivity index (χ1) is 20.1. The molecule has 0 aromatic carbocycles. The lowest BCUT2D eigenvalue weighted by Gasteiger charge is -2.62. The summed E-state index contributed by atoms with van der Waals surface area (Å²) in [7, 11) is 0. The second kappa shape index (κ2) is 10.8. The van der Waals surface area contributed by atoms with Crippen LogP contribution in [0.25, 0.3) is 0 Å². The van der Waals surface area contributed by atoms with Gasteiger partial charge in [-0.1, -0.05) is 20.4 Å². The van der Waals surface area contributed by atoms with Gasteiger partial charge in [-0.15, -0.1) is 0 Å². The molecule has 7 rings (SSSR count). The number of aliphatic hydroxyl groups excluding tert-OH is 1. The van der Waals surface area contributed by atoms with Gasteiger partial charge in [-0.25, -0.2) is 0 Å². The number of hydrogen-bond donors (Lipinski definition) is 1. The van der Waals surface area contributed by atoms with E-state index >= 15 is 0 Å². The van der Waals surface area contributed by atoms with Gasteiger partial charge in [-0.3, -0.25) is 9.69 Å². The van der Waals surface area contributed by atoms with E-state index in [1.165, 1.54) is 51.6 Å². The predicted molar refractivity (Wildman–Crippen MR) is 161 cm³/mol. The van der Waals surface area contributed by atoms with Crippen molar-refractivity contribution < 1.29 is 28.6 Å². The summed E-state index contributed by atoms with van der Waals surface area (Å²) in [6.45, 7) is 17.5. The molecule has 10 atom stereocenters. The van der Waals surface area contributed by atoms with Crippen molar-refractivity contribution in [2.24, 2.45) is 34.5 Å². The highest BCUT2D eigenvalue weighted by Gasteiger charge is 2.66. The van der Waals surface area contributed by atoms with Crippen LogP contribution < -0.4 is 0 Å². The zero-order chi connectivity index (χ0) is 29.3. The molecule has 42 heavy (non-hydrogen) atoms. The van der Waals surface area contributed by atoms with Crippen LogP contribution in [-0.4, -0.2) is 96.5 Å². The Kier molecular flexibility index (Phi) is 7.65. The first-order valence-corrected chi connectivity index (χ1v) is 17.5. The van der Waals surface area contributed by atoms with Crippen LogP contribution in [0.5, 0.6) is 0 Å². The molecule has 7 aliphatic rings. The van der Waals surface area contributed by atoms with Crippen LogP contribution >= 0.6 is 0 Å². The minimum absolute atomic E-state index is 0.0263. The molecule has 3 saturated heterocycles. The van der Waals surface area contributed by atoms with E-state index < -0.39 is 0 Å². The number of piperidine rings is 1. The lowest BCUT2D eigenvalue weighted by atomic mass is 9.44. The molecule has 7 heteroatoms. The number of hydrogen-bond acceptors (Lipinski definition) is 6. The highest BCUT2D eigenvalue weighted by atomic mass is 16.7. The average molecular weight is 586 g/mol. The Labute approximate surface area is 253 Å². The van der Waals surface area contributed by atoms with E-state index in [1.54, 1.807) is 6.92 Å².